The minimum absolute atomic E-state index is 0.0728. The van der Waals surface area contributed by atoms with Crippen molar-refractivity contribution in [2.75, 3.05) is 26.3 Å². The Morgan fingerprint density at radius 2 is 2.09 bits per heavy atom. The molecule has 0 atom stereocenters. The first-order chi connectivity index (χ1) is 11.3. The van der Waals surface area contributed by atoms with Gasteiger partial charge in [0.05, 0.1) is 0 Å². The number of ether oxygens (including phenoxy) is 1. The number of likely N-dealkylation sites (tertiary alicyclic amines) is 1. The molecule has 2 aliphatic heterocycles. The van der Waals surface area contributed by atoms with E-state index in [1.807, 2.05) is 4.90 Å². The Kier molecular flexibility index (Phi) is 3.99. The van der Waals surface area contributed by atoms with Gasteiger partial charge in [-0.1, -0.05) is 18.2 Å². The number of urea groups is 1. The highest BCUT2D eigenvalue weighted by Crippen LogP contribution is 2.39. The molecule has 0 unspecified atom stereocenters. The lowest BCUT2D eigenvalue weighted by atomic mass is 9.80. The standard InChI is InChI=1S/C18H22N2O2S/c21-17(20-8-5-18(13-20)6-9-22-10-7-18)19-11-14-12-23-16-4-2-1-3-15(14)16/h1-4,12H,5-11,13H2,(H,19,21). The number of fused-ring (bicyclic) bond motifs is 1. The highest BCUT2D eigenvalue weighted by molar-refractivity contribution is 7.17. The largest absolute Gasteiger partial charge is 0.381 e. The summed E-state index contributed by atoms with van der Waals surface area (Å²) in [6, 6.07) is 8.43. The molecule has 0 saturated carbocycles. The molecule has 1 aromatic carbocycles. The van der Waals surface area contributed by atoms with Crippen LogP contribution in [0.2, 0.25) is 0 Å². The number of amides is 2. The van der Waals surface area contributed by atoms with Crippen molar-refractivity contribution in [3.8, 4) is 0 Å². The minimum Gasteiger partial charge on any atom is -0.381 e. The third kappa shape index (κ3) is 2.95. The van der Waals surface area contributed by atoms with Crippen molar-refractivity contribution < 1.29 is 9.53 Å². The second-order valence-electron chi connectivity index (χ2n) is 6.70. The maximum absolute atomic E-state index is 12.5. The van der Waals surface area contributed by atoms with E-state index in [1.54, 1.807) is 11.3 Å². The normalized spacial score (nSPS) is 20.3. The fourth-order valence-corrected chi connectivity index (χ4v) is 4.74. The van der Waals surface area contributed by atoms with E-state index in [9.17, 15) is 4.79 Å². The first kappa shape index (κ1) is 15.0. The van der Waals surface area contributed by atoms with E-state index in [-0.39, 0.29) is 6.03 Å². The van der Waals surface area contributed by atoms with Crippen LogP contribution in [0.3, 0.4) is 0 Å². The molecule has 2 fully saturated rings. The highest BCUT2D eigenvalue weighted by atomic mass is 32.1. The molecule has 5 heteroatoms. The molecule has 122 valence electrons. The fourth-order valence-electron chi connectivity index (χ4n) is 3.77. The molecular weight excluding hydrogens is 308 g/mol. The summed E-state index contributed by atoms with van der Waals surface area (Å²) in [6.07, 6.45) is 3.29. The van der Waals surface area contributed by atoms with Crippen LogP contribution in [0.5, 0.6) is 0 Å². The van der Waals surface area contributed by atoms with E-state index in [4.69, 9.17) is 4.74 Å². The summed E-state index contributed by atoms with van der Waals surface area (Å²) >= 11 is 1.74. The lowest BCUT2D eigenvalue weighted by molar-refractivity contribution is 0.0208. The van der Waals surface area contributed by atoms with Crippen molar-refractivity contribution in [3.05, 3.63) is 35.2 Å². The van der Waals surface area contributed by atoms with Crippen molar-refractivity contribution in [2.45, 2.75) is 25.8 Å². The molecule has 4 nitrogen and oxygen atoms in total. The van der Waals surface area contributed by atoms with Gasteiger partial charge in [-0.3, -0.25) is 0 Å². The van der Waals surface area contributed by atoms with Crippen molar-refractivity contribution >= 4 is 27.5 Å². The fraction of sp³-hybridized carbons (Fsp3) is 0.500. The molecule has 1 aromatic heterocycles. The Morgan fingerprint density at radius 1 is 1.26 bits per heavy atom. The van der Waals surface area contributed by atoms with Gasteiger partial charge < -0.3 is 15.0 Å². The molecule has 2 aliphatic rings. The van der Waals surface area contributed by atoms with E-state index in [0.717, 1.165) is 45.6 Å². The number of rotatable bonds is 2. The number of carbonyl (C=O) groups excluding carboxylic acids is 1. The minimum atomic E-state index is 0.0728. The molecule has 0 bridgehead atoms. The number of hydrogen-bond acceptors (Lipinski definition) is 3. The molecule has 2 saturated heterocycles. The SMILES string of the molecule is O=C(NCc1csc2ccccc12)N1CCC2(CCOCC2)C1. The number of benzene rings is 1. The third-order valence-corrected chi connectivity index (χ3v) is 6.28. The number of carbonyl (C=O) groups is 1. The smallest absolute Gasteiger partial charge is 0.317 e. The van der Waals surface area contributed by atoms with E-state index in [0.29, 0.717) is 12.0 Å². The monoisotopic (exact) mass is 330 g/mol. The first-order valence-electron chi connectivity index (χ1n) is 8.31. The van der Waals surface area contributed by atoms with Crippen LogP contribution in [0, 0.1) is 5.41 Å². The zero-order valence-electron chi connectivity index (χ0n) is 13.2. The molecule has 4 rings (SSSR count). The van der Waals surface area contributed by atoms with Crippen LogP contribution in [-0.2, 0) is 11.3 Å². The summed E-state index contributed by atoms with van der Waals surface area (Å²) in [6.45, 7) is 4.05. The molecular formula is C18H22N2O2S. The van der Waals surface area contributed by atoms with Crippen molar-refractivity contribution in [3.63, 3.8) is 0 Å². The Hall–Kier alpha value is -1.59. The van der Waals surface area contributed by atoms with Crippen LogP contribution in [0.25, 0.3) is 10.1 Å². The molecule has 0 radical (unpaired) electrons. The van der Waals surface area contributed by atoms with Gasteiger partial charge in [-0.15, -0.1) is 11.3 Å². The molecule has 1 N–H and O–H groups in total. The molecule has 2 aromatic rings. The summed E-state index contributed by atoms with van der Waals surface area (Å²) in [5, 5.41) is 6.50. The van der Waals surface area contributed by atoms with Crippen molar-refractivity contribution in [1.82, 2.24) is 10.2 Å². The van der Waals surface area contributed by atoms with Gasteiger partial charge in [0, 0.05) is 37.5 Å². The van der Waals surface area contributed by atoms with Gasteiger partial charge in [0.15, 0.2) is 0 Å². The molecule has 23 heavy (non-hydrogen) atoms. The Morgan fingerprint density at radius 3 is 2.96 bits per heavy atom. The second kappa shape index (κ2) is 6.13. The Bertz CT molecular complexity index is 706. The maximum Gasteiger partial charge on any atom is 0.317 e. The van der Waals surface area contributed by atoms with Gasteiger partial charge >= 0.3 is 6.03 Å². The van der Waals surface area contributed by atoms with Gasteiger partial charge in [-0.05, 0) is 47.1 Å². The van der Waals surface area contributed by atoms with Gasteiger partial charge in [0.1, 0.15) is 0 Å². The Balaban J connectivity index is 1.37. The lowest BCUT2D eigenvalue weighted by Crippen LogP contribution is -2.40. The average molecular weight is 330 g/mol. The number of nitrogens with one attached hydrogen (secondary N) is 1. The van der Waals surface area contributed by atoms with Crippen molar-refractivity contribution in [2.24, 2.45) is 5.41 Å². The summed E-state index contributed by atoms with van der Waals surface area (Å²) in [5.41, 5.74) is 1.52. The van der Waals surface area contributed by atoms with Crippen LogP contribution < -0.4 is 5.32 Å². The van der Waals surface area contributed by atoms with E-state index in [2.05, 4.69) is 35.0 Å². The number of hydrogen-bond donors (Lipinski definition) is 1. The predicted molar refractivity (Wildman–Crippen MR) is 92.7 cm³/mol. The van der Waals surface area contributed by atoms with Gasteiger partial charge in [0.2, 0.25) is 0 Å². The molecule has 3 heterocycles. The summed E-state index contributed by atoms with van der Waals surface area (Å²) in [7, 11) is 0. The highest BCUT2D eigenvalue weighted by Gasteiger charge is 2.40. The second-order valence-corrected chi connectivity index (χ2v) is 7.61. The molecule has 0 aliphatic carbocycles. The number of nitrogens with zero attached hydrogens (tertiary/aromatic N) is 1. The van der Waals surface area contributed by atoms with E-state index < -0.39 is 0 Å². The van der Waals surface area contributed by atoms with Crippen molar-refractivity contribution in [1.29, 1.82) is 0 Å². The van der Waals surface area contributed by atoms with Crippen LogP contribution in [0.15, 0.2) is 29.6 Å². The molecule has 1 spiro atoms. The van der Waals surface area contributed by atoms with Gasteiger partial charge in [0.25, 0.3) is 0 Å². The van der Waals surface area contributed by atoms with E-state index >= 15 is 0 Å². The Labute approximate surface area is 140 Å². The average Bonchev–Trinajstić information content (AvgIpc) is 3.18. The maximum atomic E-state index is 12.5. The van der Waals surface area contributed by atoms with Gasteiger partial charge in [-0.2, -0.15) is 0 Å². The quantitative estimate of drug-likeness (QED) is 0.914. The zero-order chi connectivity index (χ0) is 15.7. The van der Waals surface area contributed by atoms with Crippen LogP contribution in [0.4, 0.5) is 4.79 Å². The van der Waals surface area contributed by atoms with Gasteiger partial charge in [-0.25, -0.2) is 4.79 Å². The zero-order valence-corrected chi connectivity index (χ0v) is 14.0. The molecule has 2 amide bonds. The predicted octanol–water partition coefficient (Wildman–Crippen LogP) is 3.61. The van der Waals surface area contributed by atoms with Crippen LogP contribution in [0.1, 0.15) is 24.8 Å². The summed E-state index contributed by atoms with van der Waals surface area (Å²) < 4.78 is 6.75. The first-order valence-corrected chi connectivity index (χ1v) is 9.19. The number of thiophene rings is 1. The van der Waals surface area contributed by atoms with E-state index in [1.165, 1.54) is 15.6 Å². The summed E-state index contributed by atoms with van der Waals surface area (Å²) in [4.78, 5) is 14.5. The lowest BCUT2D eigenvalue weighted by Gasteiger charge is -2.33. The summed E-state index contributed by atoms with van der Waals surface area (Å²) in [5.74, 6) is 0. The third-order valence-electron chi connectivity index (χ3n) is 5.27. The van der Waals surface area contributed by atoms with Crippen LogP contribution >= 0.6 is 11.3 Å². The topological polar surface area (TPSA) is 41.6 Å². The van der Waals surface area contributed by atoms with Crippen LogP contribution in [-0.4, -0.2) is 37.2 Å².